The third-order valence-corrected chi connectivity index (χ3v) is 4.65. The molecule has 0 aliphatic rings. The maximum Gasteiger partial charge on any atom is 0.339 e. The Kier molecular flexibility index (Phi) is 5.44. The van der Waals surface area contributed by atoms with E-state index in [1.807, 2.05) is 19.1 Å². The third kappa shape index (κ3) is 4.42. The van der Waals surface area contributed by atoms with Crippen LogP contribution in [0.3, 0.4) is 0 Å². The van der Waals surface area contributed by atoms with Gasteiger partial charge in [0.05, 0.1) is 22.3 Å². The number of amides is 1. The molecule has 2 aromatic carbocycles. The molecule has 4 rings (SSSR count). The molecular formula is C23H18FN3O4. The minimum absolute atomic E-state index is 0.149. The Labute approximate surface area is 176 Å². The Morgan fingerprint density at radius 1 is 1.06 bits per heavy atom. The van der Waals surface area contributed by atoms with E-state index in [0.29, 0.717) is 28.0 Å². The number of nitrogens with one attached hydrogen (secondary N) is 1. The summed E-state index contributed by atoms with van der Waals surface area (Å²) in [6, 6.07) is 14.4. The fourth-order valence-corrected chi connectivity index (χ4v) is 3.07. The minimum atomic E-state index is -0.721. The van der Waals surface area contributed by atoms with E-state index in [-0.39, 0.29) is 17.1 Å². The molecule has 4 aromatic rings. The zero-order chi connectivity index (χ0) is 22.0. The molecule has 8 heteroatoms. The van der Waals surface area contributed by atoms with Crippen LogP contribution in [0.15, 0.2) is 59.1 Å². The van der Waals surface area contributed by atoms with E-state index in [1.54, 1.807) is 19.1 Å². The molecule has 0 atom stereocenters. The highest BCUT2D eigenvalue weighted by Crippen LogP contribution is 2.27. The van der Waals surface area contributed by atoms with Gasteiger partial charge in [0.1, 0.15) is 5.82 Å². The summed E-state index contributed by atoms with van der Waals surface area (Å²) in [7, 11) is 0. The number of pyridine rings is 1. The number of nitrogens with zero attached hydrogens (tertiary/aromatic N) is 2. The average molecular weight is 419 g/mol. The van der Waals surface area contributed by atoms with Crippen LogP contribution in [0.1, 0.15) is 21.6 Å². The number of carbonyl (C=O) groups excluding carboxylic acids is 2. The lowest BCUT2D eigenvalue weighted by Gasteiger charge is -2.09. The molecule has 0 bridgehead atoms. The van der Waals surface area contributed by atoms with Gasteiger partial charge in [0, 0.05) is 11.3 Å². The van der Waals surface area contributed by atoms with Crippen molar-refractivity contribution in [2.45, 2.75) is 13.8 Å². The lowest BCUT2D eigenvalue weighted by Crippen LogP contribution is -2.21. The summed E-state index contributed by atoms with van der Waals surface area (Å²) in [5.74, 6) is -1.58. The zero-order valence-corrected chi connectivity index (χ0v) is 16.8. The molecule has 0 spiro atoms. The van der Waals surface area contributed by atoms with Gasteiger partial charge in [-0.15, -0.1) is 0 Å². The lowest BCUT2D eigenvalue weighted by molar-refractivity contribution is -0.119. The average Bonchev–Trinajstić information content (AvgIpc) is 3.14. The molecule has 1 amide bonds. The maximum absolute atomic E-state index is 13.3. The number of aromatic nitrogens is 2. The number of anilines is 1. The second-order valence-electron chi connectivity index (χ2n) is 7.00. The van der Waals surface area contributed by atoms with Gasteiger partial charge in [-0.3, -0.25) is 4.79 Å². The predicted octanol–water partition coefficient (Wildman–Crippen LogP) is 4.44. The highest BCUT2D eigenvalue weighted by atomic mass is 19.1. The molecule has 156 valence electrons. The standard InChI is InChI=1S/C23H18FN3O4/c1-13-3-9-17(10-4-13)25-20(28)12-30-23(29)18-11-19(15-5-7-16(24)8-6-15)26-22-21(18)14(2)27-31-22/h3-11H,12H2,1-2H3,(H,25,28). The summed E-state index contributed by atoms with van der Waals surface area (Å²) in [5, 5.41) is 6.93. The zero-order valence-electron chi connectivity index (χ0n) is 16.8. The van der Waals surface area contributed by atoms with Crippen molar-refractivity contribution in [3.63, 3.8) is 0 Å². The first-order valence-corrected chi connectivity index (χ1v) is 9.47. The number of carbonyl (C=O) groups is 2. The van der Waals surface area contributed by atoms with Gasteiger partial charge in [-0.05, 0) is 56.3 Å². The van der Waals surface area contributed by atoms with E-state index < -0.39 is 18.5 Å². The molecular weight excluding hydrogens is 401 g/mol. The Morgan fingerprint density at radius 3 is 2.48 bits per heavy atom. The van der Waals surface area contributed by atoms with Crippen LogP contribution < -0.4 is 5.32 Å². The first-order valence-electron chi connectivity index (χ1n) is 9.47. The summed E-state index contributed by atoms with van der Waals surface area (Å²) in [6.07, 6.45) is 0. The van der Waals surface area contributed by atoms with Crippen molar-refractivity contribution in [2.24, 2.45) is 0 Å². The molecule has 0 aliphatic carbocycles. The minimum Gasteiger partial charge on any atom is -0.452 e. The van der Waals surface area contributed by atoms with Gasteiger partial charge < -0.3 is 14.6 Å². The van der Waals surface area contributed by atoms with Gasteiger partial charge in [-0.1, -0.05) is 22.9 Å². The van der Waals surface area contributed by atoms with Gasteiger partial charge in [-0.2, -0.15) is 0 Å². The van der Waals surface area contributed by atoms with Crippen LogP contribution >= 0.6 is 0 Å². The van der Waals surface area contributed by atoms with Crippen molar-refractivity contribution in [3.05, 3.63) is 77.2 Å². The summed E-state index contributed by atoms with van der Waals surface area (Å²) >= 11 is 0. The monoisotopic (exact) mass is 419 g/mol. The first-order chi connectivity index (χ1) is 14.9. The Balaban J connectivity index is 1.56. The van der Waals surface area contributed by atoms with Crippen molar-refractivity contribution in [1.29, 1.82) is 0 Å². The fraction of sp³-hybridized carbons (Fsp3) is 0.130. The molecule has 7 nitrogen and oxygen atoms in total. The maximum atomic E-state index is 13.3. The normalized spacial score (nSPS) is 10.8. The number of esters is 1. The number of aryl methyl sites for hydroxylation is 2. The summed E-state index contributed by atoms with van der Waals surface area (Å²) in [5.41, 5.74) is 3.41. The van der Waals surface area contributed by atoms with E-state index >= 15 is 0 Å². The molecule has 0 aliphatic heterocycles. The first kappa shape index (κ1) is 20.2. The Hall–Kier alpha value is -4.07. The highest BCUT2D eigenvalue weighted by molar-refractivity contribution is 6.05. The number of fused-ring (bicyclic) bond motifs is 1. The van der Waals surface area contributed by atoms with Crippen LogP contribution in [-0.2, 0) is 9.53 Å². The molecule has 0 unspecified atom stereocenters. The van der Waals surface area contributed by atoms with Crippen LogP contribution in [0.5, 0.6) is 0 Å². The molecule has 31 heavy (non-hydrogen) atoms. The van der Waals surface area contributed by atoms with Crippen LogP contribution in [0.4, 0.5) is 10.1 Å². The topological polar surface area (TPSA) is 94.3 Å². The van der Waals surface area contributed by atoms with Gasteiger partial charge in [0.2, 0.25) is 0 Å². The Morgan fingerprint density at radius 2 is 1.77 bits per heavy atom. The SMILES string of the molecule is Cc1ccc(NC(=O)COC(=O)c2cc(-c3ccc(F)cc3)nc3onc(C)c23)cc1. The summed E-state index contributed by atoms with van der Waals surface area (Å²) < 4.78 is 23.7. The van der Waals surface area contributed by atoms with Crippen LogP contribution in [0, 0.1) is 19.7 Å². The van der Waals surface area contributed by atoms with Crippen molar-refractivity contribution in [3.8, 4) is 11.3 Å². The van der Waals surface area contributed by atoms with Gasteiger partial charge in [0.15, 0.2) is 6.61 Å². The van der Waals surface area contributed by atoms with Crippen molar-refractivity contribution in [2.75, 3.05) is 11.9 Å². The third-order valence-electron chi connectivity index (χ3n) is 4.65. The number of hydrogen-bond acceptors (Lipinski definition) is 6. The Bertz CT molecular complexity index is 1260. The van der Waals surface area contributed by atoms with E-state index in [9.17, 15) is 14.0 Å². The molecule has 0 saturated carbocycles. The molecule has 0 radical (unpaired) electrons. The van der Waals surface area contributed by atoms with E-state index in [1.165, 1.54) is 30.3 Å². The number of halogens is 1. The second-order valence-corrected chi connectivity index (χ2v) is 7.00. The molecule has 0 fully saturated rings. The van der Waals surface area contributed by atoms with Crippen LogP contribution in [0.25, 0.3) is 22.4 Å². The van der Waals surface area contributed by atoms with Gasteiger partial charge >= 0.3 is 5.97 Å². The van der Waals surface area contributed by atoms with Crippen LogP contribution in [0.2, 0.25) is 0 Å². The van der Waals surface area contributed by atoms with Crippen molar-refractivity contribution >= 4 is 28.7 Å². The van der Waals surface area contributed by atoms with Crippen molar-refractivity contribution in [1.82, 2.24) is 10.1 Å². The van der Waals surface area contributed by atoms with Gasteiger partial charge in [-0.25, -0.2) is 14.2 Å². The largest absolute Gasteiger partial charge is 0.452 e. The number of rotatable bonds is 5. The van der Waals surface area contributed by atoms with E-state index in [0.717, 1.165) is 5.56 Å². The van der Waals surface area contributed by atoms with E-state index in [2.05, 4.69) is 15.5 Å². The van der Waals surface area contributed by atoms with Crippen molar-refractivity contribution < 1.29 is 23.2 Å². The summed E-state index contributed by atoms with van der Waals surface area (Å²) in [4.78, 5) is 29.3. The number of ether oxygens (including phenoxy) is 1. The molecule has 2 heterocycles. The highest BCUT2D eigenvalue weighted by Gasteiger charge is 2.21. The lowest BCUT2D eigenvalue weighted by atomic mass is 10.1. The molecule has 2 aromatic heterocycles. The smallest absolute Gasteiger partial charge is 0.339 e. The quantitative estimate of drug-likeness (QED) is 0.481. The molecule has 1 N–H and O–H groups in total. The predicted molar refractivity (Wildman–Crippen MR) is 112 cm³/mol. The van der Waals surface area contributed by atoms with Crippen LogP contribution in [-0.4, -0.2) is 28.6 Å². The van der Waals surface area contributed by atoms with Gasteiger partial charge in [0.25, 0.3) is 11.6 Å². The molecule has 0 saturated heterocycles. The van der Waals surface area contributed by atoms with E-state index in [4.69, 9.17) is 9.26 Å². The fourth-order valence-electron chi connectivity index (χ4n) is 3.07. The number of benzene rings is 2. The number of hydrogen-bond donors (Lipinski definition) is 1. The second kappa shape index (κ2) is 8.35. The summed E-state index contributed by atoms with van der Waals surface area (Å²) in [6.45, 7) is 3.15.